The number of nitrogens with two attached hydrogens (primary N) is 1. The van der Waals surface area contributed by atoms with E-state index < -0.39 is 6.04 Å². The molecule has 0 aliphatic carbocycles. The lowest BCUT2D eigenvalue weighted by molar-refractivity contribution is 0.405. The van der Waals surface area contributed by atoms with Gasteiger partial charge in [-0.3, -0.25) is 0 Å². The quantitative estimate of drug-likeness (QED) is 0.936. The molecule has 0 heterocycles. The van der Waals surface area contributed by atoms with Crippen molar-refractivity contribution < 1.29 is 13.9 Å². The molecule has 112 valence electrons. The number of hydrogen-bond donors (Lipinski definition) is 1. The molecular weight excluding hydrogens is 269 g/mol. The Morgan fingerprint density at radius 3 is 2.33 bits per heavy atom. The molecule has 0 aliphatic heterocycles. The molecule has 0 saturated carbocycles. The van der Waals surface area contributed by atoms with Gasteiger partial charge in [-0.15, -0.1) is 0 Å². The number of rotatable bonds is 4. The molecule has 0 saturated heterocycles. The minimum Gasteiger partial charge on any atom is -0.497 e. The number of ether oxygens (including phenoxy) is 2. The van der Waals surface area contributed by atoms with Crippen LogP contribution in [0, 0.1) is 19.7 Å². The van der Waals surface area contributed by atoms with Gasteiger partial charge in [0.2, 0.25) is 0 Å². The summed E-state index contributed by atoms with van der Waals surface area (Å²) in [5.74, 6) is 0.759. The maximum absolute atomic E-state index is 14.2. The molecule has 0 aliphatic rings. The molecule has 4 heteroatoms. The van der Waals surface area contributed by atoms with Gasteiger partial charge in [0.1, 0.15) is 17.3 Å². The van der Waals surface area contributed by atoms with E-state index in [0.29, 0.717) is 17.1 Å². The fourth-order valence-corrected chi connectivity index (χ4v) is 2.55. The minimum absolute atomic E-state index is 0.385. The van der Waals surface area contributed by atoms with E-state index in [2.05, 4.69) is 0 Å². The first-order valence-electron chi connectivity index (χ1n) is 6.72. The highest BCUT2D eigenvalue weighted by Crippen LogP contribution is 2.34. The monoisotopic (exact) mass is 289 g/mol. The molecule has 1 unspecified atom stereocenters. The fraction of sp³-hybridized carbons (Fsp3) is 0.294. The minimum atomic E-state index is -0.591. The van der Waals surface area contributed by atoms with Crippen LogP contribution in [-0.4, -0.2) is 14.2 Å². The van der Waals surface area contributed by atoms with Crippen molar-refractivity contribution in [2.45, 2.75) is 19.9 Å². The van der Waals surface area contributed by atoms with Gasteiger partial charge in [0.25, 0.3) is 0 Å². The molecule has 0 amide bonds. The van der Waals surface area contributed by atoms with E-state index in [-0.39, 0.29) is 5.82 Å². The highest BCUT2D eigenvalue weighted by molar-refractivity contribution is 5.49. The van der Waals surface area contributed by atoms with Crippen LogP contribution in [0.15, 0.2) is 30.3 Å². The summed E-state index contributed by atoms with van der Waals surface area (Å²) in [7, 11) is 3.09. The van der Waals surface area contributed by atoms with E-state index in [1.165, 1.54) is 13.2 Å². The lowest BCUT2D eigenvalue weighted by atomic mass is 9.93. The van der Waals surface area contributed by atoms with Gasteiger partial charge in [-0.1, -0.05) is 12.1 Å². The highest BCUT2D eigenvalue weighted by Gasteiger charge is 2.20. The topological polar surface area (TPSA) is 44.5 Å². The van der Waals surface area contributed by atoms with Crippen LogP contribution in [0.5, 0.6) is 11.5 Å². The molecule has 2 aromatic rings. The van der Waals surface area contributed by atoms with Crippen molar-refractivity contribution in [1.29, 1.82) is 0 Å². The first kappa shape index (κ1) is 15.3. The smallest absolute Gasteiger partial charge is 0.132 e. The Morgan fingerprint density at radius 2 is 1.76 bits per heavy atom. The zero-order valence-electron chi connectivity index (χ0n) is 12.7. The highest BCUT2D eigenvalue weighted by atomic mass is 19.1. The first-order chi connectivity index (χ1) is 9.97. The second-order valence-corrected chi connectivity index (χ2v) is 5.06. The zero-order valence-corrected chi connectivity index (χ0v) is 12.7. The lowest BCUT2D eigenvalue weighted by Crippen LogP contribution is -2.16. The standard InChI is InChI=1S/C17H20FNO2/c1-10-7-11(2)16(15(8-10)21-4)17(19)13-6-5-12(20-3)9-14(13)18/h5-9,17H,19H2,1-4H3. The molecule has 0 aromatic heterocycles. The average Bonchev–Trinajstić information content (AvgIpc) is 2.45. The van der Waals surface area contributed by atoms with Crippen LogP contribution in [0.4, 0.5) is 4.39 Å². The number of hydrogen-bond acceptors (Lipinski definition) is 3. The van der Waals surface area contributed by atoms with Crippen molar-refractivity contribution in [1.82, 2.24) is 0 Å². The SMILES string of the molecule is COc1ccc(C(N)c2c(C)cc(C)cc2OC)c(F)c1. The van der Waals surface area contributed by atoms with Crippen molar-refractivity contribution in [3.63, 3.8) is 0 Å². The second kappa shape index (κ2) is 6.14. The molecular formula is C17H20FNO2. The molecule has 0 bridgehead atoms. The van der Waals surface area contributed by atoms with Crippen LogP contribution in [0.2, 0.25) is 0 Å². The van der Waals surface area contributed by atoms with Crippen molar-refractivity contribution in [3.05, 3.63) is 58.4 Å². The Bertz CT molecular complexity index is 655. The number of benzene rings is 2. The summed E-state index contributed by atoms with van der Waals surface area (Å²) < 4.78 is 24.6. The summed E-state index contributed by atoms with van der Waals surface area (Å²) >= 11 is 0. The molecule has 0 fully saturated rings. The van der Waals surface area contributed by atoms with Crippen LogP contribution in [-0.2, 0) is 0 Å². The summed E-state index contributed by atoms with van der Waals surface area (Å²) in [6.45, 7) is 3.94. The normalized spacial score (nSPS) is 12.1. The van der Waals surface area contributed by atoms with Gasteiger partial charge in [0.05, 0.1) is 20.3 Å². The van der Waals surface area contributed by atoms with Crippen molar-refractivity contribution >= 4 is 0 Å². The molecule has 3 nitrogen and oxygen atoms in total. The summed E-state index contributed by atoms with van der Waals surface area (Å²) in [5.41, 5.74) is 9.55. The fourth-order valence-electron chi connectivity index (χ4n) is 2.55. The Labute approximate surface area is 124 Å². The van der Waals surface area contributed by atoms with E-state index in [1.807, 2.05) is 26.0 Å². The third-order valence-corrected chi connectivity index (χ3v) is 3.57. The Kier molecular flexibility index (Phi) is 4.48. The van der Waals surface area contributed by atoms with Crippen molar-refractivity contribution in [2.24, 2.45) is 5.73 Å². The number of halogens is 1. The maximum atomic E-state index is 14.2. The third-order valence-electron chi connectivity index (χ3n) is 3.57. The molecule has 0 radical (unpaired) electrons. The predicted octanol–water partition coefficient (Wildman–Crippen LogP) is 3.51. The van der Waals surface area contributed by atoms with Crippen LogP contribution < -0.4 is 15.2 Å². The van der Waals surface area contributed by atoms with E-state index >= 15 is 0 Å². The van der Waals surface area contributed by atoms with E-state index in [4.69, 9.17) is 15.2 Å². The number of aryl methyl sites for hydroxylation is 2. The molecule has 21 heavy (non-hydrogen) atoms. The van der Waals surface area contributed by atoms with Gasteiger partial charge in [-0.05, 0) is 37.1 Å². The second-order valence-electron chi connectivity index (χ2n) is 5.06. The maximum Gasteiger partial charge on any atom is 0.132 e. The van der Waals surface area contributed by atoms with Gasteiger partial charge in [-0.2, -0.15) is 0 Å². The summed E-state index contributed by atoms with van der Waals surface area (Å²) in [5, 5.41) is 0. The molecule has 2 N–H and O–H groups in total. The zero-order chi connectivity index (χ0) is 15.6. The first-order valence-corrected chi connectivity index (χ1v) is 6.72. The summed E-state index contributed by atoms with van der Waals surface area (Å²) in [6.07, 6.45) is 0. The van der Waals surface area contributed by atoms with Crippen LogP contribution in [0.1, 0.15) is 28.3 Å². The summed E-state index contributed by atoms with van der Waals surface area (Å²) in [4.78, 5) is 0. The van der Waals surface area contributed by atoms with Gasteiger partial charge in [-0.25, -0.2) is 4.39 Å². The Morgan fingerprint density at radius 1 is 1.05 bits per heavy atom. The third kappa shape index (κ3) is 3.00. The van der Waals surface area contributed by atoms with E-state index in [0.717, 1.165) is 16.7 Å². The van der Waals surface area contributed by atoms with Crippen LogP contribution in [0.25, 0.3) is 0 Å². The molecule has 0 spiro atoms. The Hall–Kier alpha value is -2.07. The van der Waals surface area contributed by atoms with Crippen LogP contribution in [0.3, 0.4) is 0 Å². The van der Waals surface area contributed by atoms with Crippen molar-refractivity contribution in [3.8, 4) is 11.5 Å². The van der Waals surface area contributed by atoms with Gasteiger partial charge < -0.3 is 15.2 Å². The van der Waals surface area contributed by atoms with E-state index in [1.54, 1.807) is 19.2 Å². The number of methoxy groups -OCH3 is 2. The van der Waals surface area contributed by atoms with Crippen LogP contribution >= 0.6 is 0 Å². The van der Waals surface area contributed by atoms with Gasteiger partial charge >= 0.3 is 0 Å². The Balaban J connectivity index is 2.52. The molecule has 1 atom stereocenters. The van der Waals surface area contributed by atoms with Crippen molar-refractivity contribution in [2.75, 3.05) is 14.2 Å². The molecule has 2 aromatic carbocycles. The lowest BCUT2D eigenvalue weighted by Gasteiger charge is -2.20. The average molecular weight is 289 g/mol. The van der Waals surface area contributed by atoms with E-state index in [9.17, 15) is 4.39 Å². The molecule has 2 rings (SSSR count). The summed E-state index contributed by atoms with van der Waals surface area (Å²) in [6, 6.07) is 8.02. The predicted molar refractivity (Wildman–Crippen MR) is 81.5 cm³/mol. The van der Waals surface area contributed by atoms with Gasteiger partial charge in [0, 0.05) is 17.2 Å². The largest absolute Gasteiger partial charge is 0.497 e. The van der Waals surface area contributed by atoms with Gasteiger partial charge in [0.15, 0.2) is 0 Å².